The molecule has 2 aromatic heterocycles. The molecule has 0 aliphatic rings. The van der Waals surface area contributed by atoms with Crippen LogP contribution < -0.4 is 5.73 Å². The largest absolute Gasteiger partial charge is 0.339 e. The summed E-state index contributed by atoms with van der Waals surface area (Å²) in [5, 5.41) is 5.79. The van der Waals surface area contributed by atoms with Crippen molar-refractivity contribution in [2.75, 3.05) is 0 Å². The van der Waals surface area contributed by atoms with Gasteiger partial charge in [-0.05, 0) is 18.4 Å². The monoisotopic (exact) mass is 245 g/mol. The highest BCUT2D eigenvalue weighted by atomic mass is 35.5. The molecular formula is C9H12ClN3OS. The molecule has 2 aromatic rings. The summed E-state index contributed by atoms with van der Waals surface area (Å²) in [5.74, 6) is 1.35. The summed E-state index contributed by atoms with van der Waals surface area (Å²) in [7, 11) is 0. The molecule has 0 spiro atoms. The third kappa shape index (κ3) is 2.56. The highest BCUT2D eigenvalue weighted by molar-refractivity contribution is 7.10. The second-order valence-electron chi connectivity index (χ2n) is 2.99. The molecule has 2 N–H and O–H groups in total. The fourth-order valence-electron chi connectivity index (χ4n) is 1.19. The average Bonchev–Trinajstić information content (AvgIpc) is 2.88. The maximum atomic E-state index is 5.40. The Morgan fingerprint density at radius 2 is 2.40 bits per heavy atom. The van der Waals surface area contributed by atoms with Gasteiger partial charge >= 0.3 is 0 Å². The fraction of sp³-hybridized carbons (Fsp3) is 0.333. The minimum absolute atomic E-state index is 0. The highest BCUT2D eigenvalue weighted by Gasteiger charge is 2.16. The first-order chi connectivity index (χ1) is 6.81. The lowest BCUT2D eigenvalue weighted by Crippen LogP contribution is -1.99. The van der Waals surface area contributed by atoms with Crippen LogP contribution in [0.5, 0.6) is 0 Å². The molecule has 0 aliphatic heterocycles. The second-order valence-corrected chi connectivity index (χ2v) is 3.97. The van der Waals surface area contributed by atoms with E-state index in [0.717, 1.165) is 0 Å². The van der Waals surface area contributed by atoms with Crippen molar-refractivity contribution in [1.29, 1.82) is 0 Å². The summed E-state index contributed by atoms with van der Waals surface area (Å²) in [4.78, 5) is 5.41. The molecular weight excluding hydrogens is 234 g/mol. The summed E-state index contributed by atoms with van der Waals surface area (Å²) >= 11 is 1.68. The Hall–Kier alpha value is -0.910. The average molecular weight is 246 g/mol. The molecule has 1 atom stereocenters. The predicted molar refractivity (Wildman–Crippen MR) is 61.3 cm³/mol. The zero-order valence-corrected chi connectivity index (χ0v) is 9.85. The van der Waals surface area contributed by atoms with Crippen LogP contribution in [-0.2, 0) is 6.54 Å². The number of aromatic nitrogens is 2. The second kappa shape index (κ2) is 5.25. The Morgan fingerprint density at radius 1 is 1.60 bits per heavy atom. The van der Waals surface area contributed by atoms with E-state index in [1.807, 2.05) is 18.4 Å². The molecule has 1 unspecified atom stereocenters. The Morgan fingerprint density at radius 3 is 2.93 bits per heavy atom. The van der Waals surface area contributed by atoms with Gasteiger partial charge in [0.25, 0.3) is 0 Å². The van der Waals surface area contributed by atoms with Crippen molar-refractivity contribution in [2.45, 2.75) is 19.4 Å². The van der Waals surface area contributed by atoms with Crippen molar-refractivity contribution in [3.05, 3.63) is 34.1 Å². The van der Waals surface area contributed by atoms with Crippen LogP contribution in [-0.4, -0.2) is 10.1 Å². The molecule has 0 bridgehead atoms. The first-order valence-corrected chi connectivity index (χ1v) is 5.25. The molecule has 0 radical (unpaired) electrons. The van der Waals surface area contributed by atoms with Crippen molar-refractivity contribution in [1.82, 2.24) is 10.1 Å². The molecule has 0 amide bonds. The van der Waals surface area contributed by atoms with E-state index in [9.17, 15) is 0 Å². The Balaban J connectivity index is 0.00000112. The molecule has 0 saturated carbocycles. The number of hydrogen-bond donors (Lipinski definition) is 1. The van der Waals surface area contributed by atoms with Crippen molar-refractivity contribution in [3.63, 3.8) is 0 Å². The Bertz CT molecular complexity index is 401. The van der Waals surface area contributed by atoms with Crippen LogP contribution in [0.4, 0.5) is 0 Å². The summed E-state index contributed by atoms with van der Waals surface area (Å²) in [5.41, 5.74) is 5.40. The van der Waals surface area contributed by atoms with Gasteiger partial charge in [-0.2, -0.15) is 4.98 Å². The highest BCUT2D eigenvalue weighted by Crippen LogP contribution is 2.26. The first kappa shape index (κ1) is 12.2. The van der Waals surface area contributed by atoms with E-state index in [1.54, 1.807) is 11.3 Å². The molecule has 0 saturated heterocycles. The standard InChI is InChI=1S/C9H11N3OS.ClH/c1-6(7-3-2-4-14-7)9-11-8(5-10)12-13-9;/h2-4,6H,5,10H2,1H3;1H. The van der Waals surface area contributed by atoms with Crippen LogP contribution in [0.3, 0.4) is 0 Å². The van der Waals surface area contributed by atoms with E-state index in [4.69, 9.17) is 10.3 Å². The van der Waals surface area contributed by atoms with Crippen LogP contribution in [0.15, 0.2) is 22.0 Å². The molecule has 2 rings (SSSR count). The van der Waals surface area contributed by atoms with Crippen LogP contribution >= 0.6 is 23.7 Å². The topological polar surface area (TPSA) is 64.9 Å². The summed E-state index contributed by atoms with van der Waals surface area (Å²) < 4.78 is 5.11. The Kier molecular flexibility index (Phi) is 4.26. The number of nitrogens with two attached hydrogens (primary N) is 1. The van der Waals surface area contributed by atoms with Crippen molar-refractivity contribution in [3.8, 4) is 0 Å². The molecule has 2 heterocycles. The van der Waals surface area contributed by atoms with Gasteiger partial charge in [0.05, 0.1) is 12.5 Å². The fourth-order valence-corrected chi connectivity index (χ4v) is 1.96. The Labute approximate surface area is 97.9 Å². The number of rotatable bonds is 3. The molecule has 82 valence electrons. The van der Waals surface area contributed by atoms with Gasteiger partial charge in [-0.25, -0.2) is 0 Å². The molecule has 4 nitrogen and oxygen atoms in total. The normalized spacial score (nSPS) is 12.1. The zero-order chi connectivity index (χ0) is 9.97. The molecule has 0 fully saturated rings. The van der Waals surface area contributed by atoms with Gasteiger partial charge in [-0.1, -0.05) is 11.2 Å². The quantitative estimate of drug-likeness (QED) is 0.900. The number of thiophene rings is 1. The van der Waals surface area contributed by atoms with Gasteiger partial charge < -0.3 is 10.3 Å². The van der Waals surface area contributed by atoms with E-state index in [0.29, 0.717) is 18.3 Å². The van der Waals surface area contributed by atoms with Gasteiger partial charge in [0, 0.05) is 4.88 Å². The van der Waals surface area contributed by atoms with Crippen LogP contribution in [0.1, 0.15) is 29.4 Å². The third-order valence-corrected chi connectivity index (χ3v) is 3.06. The van der Waals surface area contributed by atoms with Gasteiger partial charge in [-0.3, -0.25) is 0 Å². The van der Waals surface area contributed by atoms with Crippen LogP contribution in [0, 0.1) is 0 Å². The van der Waals surface area contributed by atoms with Crippen LogP contribution in [0.2, 0.25) is 0 Å². The van der Waals surface area contributed by atoms with Gasteiger partial charge in [0.2, 0.25) is 5.89 Å². The van der Waals surface area contributed by atoms with E-state index in [1.165, 1.54) is 4.88 Å². The SMILES string of the molecule is CC(c1nc(CN)no1)c1cccs1.Cl. The van der Waals surface area contributed by atoms with Crippen molar-refractivity contribution < 1.29 is 4.52 Å². The molecule has 6 heteroatoms. The molecule has 15 heavy (non-hydrogen) atoms. The molecule has 0 aromatic carbocycles. The van der Waals surface area contributed by atoms with E-state index in [2.05, 4.69) is 16.2 Å². The van der Waals surface area contributed by atoms with E-state index in [-0.39, 0.29) is 18.3 Å². The number of halogens is 1. The number of hydrogen-bond acceptors (Lipinski definition) is 5. The lowest BCUT2D eigenvalue weighted by molar-refractivity contribution is 0.366. The molecule has 0 aliphatic carbocycles. The predicted octanol–water partition coefficient (Wildman–Crippen LogP) is 2.16. The van der Waals surface area contributed by atoms with Crippen molar-refractivity contribution >= 4 is 23.7 Å². The van der Waals surface area contributed by atoms with Gasteiger partial charge in [0.1, 0.15) is 0 Å². The van der Waals surface area contributed by atoms with Gasteiger partial charge in [0.15, 0.2) is 5.82 Å². The van der Waals surface area contributed by atoms with Crippen LogP contribution in [0.25, 0.3) is 0 Å². The maximum Gasteiger partial charge on any atom is 0.234 e. The lowest BCUT2D eigenvalue weighted by Gasteiger charge is -2.01. The minimum atomic E-state index is 0. The van der Waals surface area contributed by atoms with Crippen molar-refractivity contribution in [2.24, 2.45) is 5.73 Å². The smallest absolute Gasteiger partial charge is 0.234 e. The van der Waals surface area contributed by atoms with E-state index < -0.39 is 0 Å². The number of nitrogens with zero attached hydrogens (tertiary/aromatic N) is 2. The summed E-state index contributed by atoms with van der Waals surface area (Å²) in [6.45, 7) is 2.36. The minimum Gasteiger partial charge on any atom is -0.339 e. The third-order valence-electron chi connectivity index (χ3n) is 2.01. The zero-order valence-electron chi connectivity index (χ0n) is 8.21. The summed E-state index contributed by atoms with van der Waals surface area (Å²) in [6, 6.07) is 4.07. The van der Waals surface area contributed by atoms with Gasteiger partial charge in [-0.15, -0.1) is 23.7 Å². The summed E-state index contributed by atoms with van der Waals surface area (Å²) in [6.07, 6.45) is 0. The van der Waals surface area contributed by atoms with E-state index >= 15 is 0 Å². The maximum absolute atomic E-state index is 5.40. The lowest BCUT2D eigenvalue weighted by atomic mass is 10.1. The first-order valence-electron chi connectivity index (χ1n) is 4.37.